The number of hydrogen-bond acceptors (Lipinski definition) is 6. The first kappa shape index (κ1) is 29.7. The van der Waals surface area contributed by atoms with E-state index in [1.54, 1.807) is 11.8 Å². The molecule has 0 bridgehead atoms. The zero-order chi connectivity index (χ0) is 27.0. The van der Waals surface area contributed by atoms with Crippen LogP contribution in [0.25, 0.3) is 0 Å². The molecule has 2 aromatic rings. The number of carbonyl (C=O) groups excluding carboxylic acids is 2. The van der Waals surface area contributed by atoms with Gasteiger partial charge in [-0.3, -0.25) is 14.5 Å². The maximum absolute atomic E-state index is 12.0. The van der Waals surface area contributed by atoms with Gasteiger partial charge in [0.2, 0.25) is 11.8 Å². The molecule has 1 aliphatic heterocycles. The molecular formula is C30H42N4O3S. The summed E-state index contributed by atoms with van der Waals surface area (Å²) in [5.41, 5.74) is 3.86. The number of rotatable bonds is 16. The van der Waals surface area contributed by atoms with Crippen molar-refractivity contribution in [3.05, 3.63) is 77.4 Å². The van der Waals surface area contributed by atoms with E-state index < -0.39 is 0 Å². The van der Waals surface area contributed by atoms with Crippen molar-refractivity contribution in [2.75, 3.05) is 52.6 Å². The quantitative estimate of drug-likeness (QED) is 0.250. The fourth-order valence-electron chi connectivity index (χ4n) is 4.29. The summed E-state index contributed by atoms with van der Waals surface area (Å²) in [6, 6.07) is 16.8. The van der Waals surface area contributed by atoms with Gasteiger partial charge < -0.3 is 20.3 Å². The summed E-state index contributed by atoms with van der Waals surface area (Å²) in [5, 5.41) is 5.62. The van der Waals surface area contributed by atoms with Crippen LogP contribution < -0.4 is 15.4 Å². The molecule has 1 aliphatic rings. The van der Waals surface area contributed by atoms with Gasteiger partial charge in [-0.25, -0.2) is 0 Å². The Bertz CT molecular complexity index is 1040. The lowest BCUT2D eigenvalue weighted by Gasteiger charge is -2.15. The minimum absolute atomic E-state index is 0.258. The van der Waals surface area contributed by atoms with E-state index in [0.717, 1.165) is 30.3 Å². The molecule has 2 N–H and O–H groups in total. The molecule has 0 spiro atoms. The number of nitrogens with one attached hydrogen (secondary N) is 2. The smallest absolute Gasteiger partial charge is 0.244 e. The number of benzene rings is 2. The van der Waals surface area contributed by atoms with Crippen molar-refractivity contribution in [3.8, 4) is 5.75 Å². The molecule has 0 saturated carbocycles. The Kier molecular flexibility index (Phi) is 13.2. The van der Waals surface area contributed by atoms with Crippen LogP contribution in [0.2, 0.25) is 0 Å². The molecule has 3 rings (SSSR count). The van der Waals surface area contributed by atoms with Gasteiger partial charge in [0.15, 0.2) is 0 Å². The lowest BCUT2D eigenvalue weighted by Crippen LogP contribution is -2.26. The van der Waals surface area contributed by atoms with Gasteiger partial charge in [-0.05, 0) is 75.3 Å². The summed E-state index contributed by atoms with van der Waals surface area (Å²) >= 11 is 1.78. The third kappa shape index (κ3) is 12.2. The molecule has 1 saturated heterocycles. The fraction of sp³-hybridized carbons (Fsp3) is 0.467. The van der Waals surface area contributed by atoms with Crippen molar-refractivity contribution in [3.63, 3.8) is 0 Å². The van der Waals surface area contributed by atoms with Crippen LogP contribution in [0.1, 0.15) is 36.0 Å². The molecule has 0 radical (unpaired) electrons. The average Bonchev–Trinajstić information content (AvgIpc) is 3.40. The van der Waals surface area contributed by atoms with Gasteiger partial charge in [0, 0.05) is 49.8 Å². The zero-order valence-corrected chi connectivity index (χ0v) is 23.6. The number of likely N-dealkylation sites (tertiary alicyclic amines) is 1. The maximum Gasteiger partial charge on any atom is 0.244 e. The minimum atomic E-state index is -0.278. The normalized spacial score (nSPS) is 13.8. The van der Waals surface area contributed by atoms with Crippen molar-refractivity contribution in [1.29, 1.82) is 0 Å². The van der Waals surface area contributed by atoms with Crippen LogP contribution in [-0.4, -0.2) is 74.2 Å². The van der Waals surface area contributed by atoms with E-state index in [1.807, 2.05) is 12.1 Å². The zero-order valence-electron chi connectivity index (χ0n) is 22.8. The van der Waals surface area contributed by atoms with E-state index in [4.69, 9.17) is 4.74 Å². The molecule has 0 unspecified atom stereocenters. The van der Waals surface area contributed by atoms with Crippen LogP contribution in [0.15, 0.2) is 60.7 Å². The molecule has 206 valence electrons. The second-order valence-corrected chi connectivity index (χ2v) is 11.0. The van der Waals surface area contributed by atoms with E-state index in [1.165, 1.54) is 54.8 Å². The first-order chi connectivity index (χ1) is 18.5. The SMILES string of the molecule is CN(C)Cc1cccc(CSCCNC(=O)/C=C/C(=O)NCCCOc2cccc(CN3CCCC3)c2)c1. The minimum Gasteiger partial charge on any atom is -0.494 e. The summed E-state index contributed by atoms with van der Waals surface area (Å²) in [4.78, 5) is 28.6. The van der Waals surface area contributed by atoms with Gasteiger partial charge >= 0.3 is 0 Å². The van der Waals surface area contributed by atoms with Gasteiger partial charge in [0.25, 0.3) is 0 Å². The molecular weight excluding hydrogens is 496 g/mol. The molecule has 0 aliphatic carbocycles. The molecule has 1 fully saturated rings. The average molecular weight is 539 g/mol. The van der Waals surface area contributed by atoms with Crippen LogP contribution in [0, 0.1) is 0 Å². The first-order valence-corrected chi connectivity index (χ1v) is 14.6. The molecule has 7 nitrogen and oxygen atoms in total. The second kappa shape index (κ2) is 16.9. The van der Waals surface area contributed by atoms with Crippen LogP contribution in [-0.2, 0) is 28.4 Å². The number of amides is 2. The molecule has 38 heavy (non-hydrogen) atoms. The molecule has 8 heteroatoms. The number of nitrogens with zero attached hydrogens (tertiary/aromatic N) is 2. The summed E-state index contributed by atoms with van der Waals surface area (Å²) < 4.78 is 5.85. The summed E-state index contributed by atoms with van der Waals surface area (Å²) in [6.45, 7) is 5.82. The van der Waals surface area contributed by atoms with Crippen molar-refractivity contribution in [2.24, 2.45) is 0 Å². The Morgan fingerprint density at radius 3 is 2.39 bits per heavy atom. The lowest BCUT2D eigenvalue weighted by atomic mass is 10.1. The highest BCUT2D eigenvalue weighted by atomic mass is 32.2. The number of hydrogen-bond donors (Lipinski definition) is 2. The van der Waals surface area contributed by atoms with Crippen molar-refractivity contribution >= 4 is 23.6 Å². The van der Waals surface area contributed by atoms with Crippen LogP contribution in [0.5, 0.6) is 5.75 Å². The molecule has 0 atom stereocenters. The molecule has 1 heterocycles. The van der Waals surface area contributed by atoms with Crippen LogP contribution in [0.4, 0.5) is 0 Å². The predicted molar refractivity (Wildman–Crippen MR) is 156 cm³/mol. The maximum atomic E-state index is 12.0. The van der Waals surface area contributed by atoms with Crippen LogP contribution in [0.3, 0.4) is 0 Å². The van der Waals surface area contributed by atoms with E-state index >= 15 is 0 Å². The van der Waals surface area contributed by atoms with Gasteiger partial charge in [0.05, 0.1) is 6.61 Å². The molecule has 2 amide bonds. The van der Waals surface area contributed by atoms with E-state index in [0.29, 0.717) is 26.1 Å². The largest absolute Gasteiger partial charge is 0.494 e. The van der Waals surface area contributed by atoms with Crippen LogP contribution >= 0.6 is 11.8 Å². The third-order valence-corrected chi connectivity index (χ3v) is 7.11. The Hall–Kier alpha value is -2.81. The van der Waals surface area contributed by atoms with Crippen molar-refractivity contribution in [2.45, 2.75) is 38.1 Å². The highest BCUT2D eigenvalue weighted by Gasteiger charge is 2.11. The Morgan fingerprint density at radius 1 is 0.947 bits per heavy atom. The Balaban J connectivity index is 1.21. The predicted octanol–water partition coefficient (Wildman–Crippen LogP) is 3.83. The topological polar surface area (TPSA) is 73.9 Å². The summed E-state index contributed by atoms with van der Waals surface area (Å²) in [5.74, 6) is 2.04. The highest BCUT2D eigenvalue weighted by molar-refractivity contribution is 7.98. The Labute approximate surface area is 232 Å². The number of carbonyl (C=O) groups is 2. The first-order valence-electron chi connectivity index (χ1n) is 13.5. The fourth-order valence-corrected chi connectivity index (χ4v) is 5.10. The monoisotopic (exact) mass is 538 g/mol. The molecule has 2 aromatic carbocycles. The van der Waals surface area contributed by atoms with E-state index in [2.05, 4.69) is 70.9 Å². The standard InChI is InChI=1S/C30H42N4O3S/c1-33(2)22-25-8-5-10-27(20-25)24-38-19-15-32-30(36)13-12-29(35)31-14-7-18-37-28-11-6-9-26(21-28)23-34-16-3-4-17-34/h5-6,8-13,20-21H,3-4,7,14-19,22-24H2,1-2H3,(H,31,35)(H,32,36)/b13-12+. The highest BCUT2D eigenvalue weighted by Crippen LogP contribution is 2.18. The number of thioether (sulfide) groups is 1. The van der Waals surface area contributed by atoms with Crippen molar-refractivity contribution < 1.29 is 14.3 Å². The van der Waals surface area contributed by atoms with Crippen molar-refractivity contribution in [1.82, 2.24) is 20.4 Å². The van der Waals surface area contributed by atoms with Gasteiger partial charge in [-0.1, -0.05) is 36.4 Å². The van der Waals surface area contributed by atoms with Gasteiger partial charge in [-0.15, -0.1) is 0 Å². The lowest BCUT2D eigenvalue weighted by molar-refractivity contribution is -0.118. The van der Waals surface area contributed by atoms with Gasteiger partial charge in [0.1, 0.15) is 5.75 Å². The van der Waals surface area contributed by atoms with Gasteiger partial charge in [-0.2, -0.15) is 11.8 Å². The second-order valence-electron chi connectivity index (χ2n) is 9.86. The molecule has 0 aromatic heterocycles. The Morgan fingerprint density at radius 2 is 1.63 bits per heavy atom. The van der Waals surface area contributed by atoms with E-state index in [-0.39, 0.29) is 11.8 Å². The number of ether oxygens (including phenoxy) is 1. The summed E-state index contributed by atoms with van der Waals surface area (Å²) in [6.07, 6.45) is 5.83. The summed E-state index contributed by atoms with van der Waals surface area (Å²) in [7, 11) is 4.13. The van der Waals surface area contributed by atoms with E-state index in [9.17, 15) is 9.59 Å². The third-order valence-electron chi connectivity index (χ3n) is 6.08.